The standard InChI is InChI=1S/C18H28N2O.ClH/c1-13-7-5-8-14(11-13)17(18(2,3)4)20-16(21)12-15-9-6-10-19-15;/h5,7-8,11,15,17,19H,6,9-10,12H2,1-4H3,(H,20,21);1H. The zero-order valence-electron chi connectivity index (χ0n) is 14.1. The van der Waals surface area contributed by atoms with Crippen molar-refractivity contribution in [2.45, 2.75) is 59.0 Å². The van der Waals surface area contributed by atoms with Crippen LogP contribution >= 0.6 is 12.4 Å². The zero-order chi connectivity index (χ0) is 15.5. The van der Waals surface area contributed by atoms with E-state index in [0.717, 1.165) is 13.0 Å². The highest BCUT2D eigenvalue weighted by molar-refractivity contribution is 5.85. The summed E-state index contributed by atoms with van der Waals surface area (Å²) in [4.78, 5) is 12.4. The summed E-state index contributed by atoms with van der Waals surface area (Å²) in [5.74, 6) is 0.149. The van der Waals surface area contributed by atoms with Crippen molar-refractivity contribution < 1.29 is 4.79 Å². The number of hydrogen-bond acceptors (Lipinski definition) is 2. The van der Waals surface area contributed by atoms with Crippen LogP contribution in [0, 0.1) is 12.3 Å². The average molecular weight is 325 g/mol. The van der Waals surface area contributed by atoms with Gasteiger partial charge in [0.1, 0.15) is 0 Å². The van der Waals surface area contributed by atoms with Crippen molar-refractivity contribution in [2.75, 3.05) is 6.54 Å². The maximum absolute atomic E-state index is 12.4. The maximum Gasteiger partial charge on any atom is 0.222 e. The van der Waals surface area contributed by atoms with Gasteiger partial charge >= 0.3 is 0 Å². The molecule has 22 heavy (non-hydrogen) atoms. The number of carbonyl (C=O) groups excluding carboxylic acids is 1. The first-order valence-corrected chi connectivity index (χ1v) is 7.95. The van der Waals surface area contributed by atoms with Crippen molar-refractivity contribution in [3.63, 3.8) is 0 Å². The predicted octanol–water partition coefficient (Wildman–Crippen LogP) is 3.76. The van der Waals surface area contributed by atoms with Gasteiger partial charge in [-0.3, -0.25) is 4.79 Å². The fourth-order valence-electron chi connectivity index (χ4n) is 3.02. The van der Waals surface area contributed by atoms with Crippen LogP contribution in [0.15, 0.2) is 24.3 Å². The van der Waals surface area contributed by atoms with Crippen LogP contribution in [0.4, 0.5) is 0 Å². The molecule has 1 amide bonds. The molecule has 4 heteroatoms. The highest BCUT2D eigenvalue weighted by Gasteiger charge is 2.29. The first-order chi connectivity index (χ1) is 9.86. The number of rotatable bonds is 4. The first kappa shape index (κ1) is 19.0. The predicted molar refractivity (Wildman–Crippen MR) is 94.4 cm³/mol. The molecule has 0 radical (unpaired) electrons. The van der Waals surface area contributed by atoms with Gasteiger partial charge in [0, 0.05) is 12.5 Å². The molecular weight excluding hydrogens is 296 g/mol. The van der Waals surface area contributed by atoms with E-state index in [-0.39, 0.29) is 29.8 Å². The minimum atomic E-state index is -0.00738. The molecule has 2 rings (SSSR count). The molecule has 0 aromatic heterocycles. The molecule has 0 bridgehead atoms. The lowest BCUT2D eigenvalue weighted by molar-refractivity contribution is -0.123. The molecule has 124 valence electrons. The Morgan fingerprint density at radius 3 is 2.68 bits per heavy atom. The minimum Gasteiger partial charge on any atom is -0.349 e. The van der Waals surface area contributed by atoms with E-state index in [0.29, 0.717) is 12.5 Å². The molecule has 1 aromatic rings. The van der Waals surface area contributed by atoms with Gasteiger partial charge in [-0.05, 0) is 37.3 Å². The Kier molecular flexibility index (Phi) is 6.89. The molecular formula is C18H29ClN2O. The van der Waals surface area contributed by atoms with Crippen LogP contribution < -0.4 is 10.6 Å². The summed E-state index contributed by atoms with van der Waals surface area (Å²) < 4.78 is 0. The Morgan fingerprint density at radius 1 is 1.41 bits per heavy atom. The maximum atomic E-state index is 12.4. The molecule has 1 aliphatic rings. The Hall–Kier alpha value is -1.06. The van der Waals surface area contributed by atoms with E-state index in [1.54, 1.807) is 0 Å². The number of amides is 1. The largest absolute Gasteiger partial charge is 0.349 e. The fourth-order valence-corrected chi connectivity index (χ4v) is 3.02. The molecule has 0 saturated carbocycles. The summed E-state index contributed by atoms with van der Waals surface area (Å²) in [6.45, 7) is 9.66. The lowest BCUT2D eigenvalue weighted by atomic mass is 9.82. The van der Waals surface area contributed by atoms with E-state index in [2.05, 4.69) is 62.6 Å². The number of nitrogens with one attached hydrogen (secondary N) is 2. The van der Waals surface area contributed by atoms with Gasteiger partial charge in [-0.25, -0.2) is 0 Å². The van der Waals surface area contributed by atoms with Gasteiger partial charge in [0.05, 0.1) is 6.04 Å². The third-order valence-corrected chi connectivity index (χ3v) is 4.14. The molecule has 1 fully saturated rings. The third kappa shape index (κ3) is 5.29. The van der Waals surface area contributed by atoms with Gasteiger partial charge in [-0.15, -0.1) is 12.4 Å². The minimum absolute atomic E-state index is 0. The van der Waals surface area contributed by atoms with E-state index >= 15 is 0 Å². The van der Waals surface area contributed by atoms with Crippen molar-refractivity contribution in [2.24, 2.45) is 5.41 Å². The zero-order valence-corrected chi connectivity index (χ0v) is 14.9. The highest BCUT2D eigenvalue weighted by Crippen LogP contribution is 2.33. The Bertz CT molecular complexity index is 490. The quantitative estimate of drug-likeness (QED) is 0.885. The second-order valence-corrected chi connectivity index (χ2v) is 7.28. The smallest absolute Gasteiger partial charge is 0.222 e. The van der Waals surface area contributed by atoms with Gasteiger partial charge in [0.2, 0.25) is 5.91 Å². The number of aryl methyl sites for hydroxylation is 1. The average Bonchev–Trinajstić information content (AvgIpc) is 2.87. The highest BCUT2D eigenvalue weighted by atomic mass is 35.5. The van der Waals surface area contributed by atoms with E-state index < -0.39 is 0 Å². The van der Waals surface area contributed by atoms with Gasteiger partial charge in [0.25, 0.3) is 0 Å². The Labute approximate surface area is 140 Å². The third-order valence-electron chi connectivity index (χ3n) is 4.14. The van der Waals surface area contributed by atoms with Gasteiger partial charge in [-0.1, -0.05) is 50.6 Å². The van der Waals surface area contributed by atoms with Gasteiger partial charge in [-0.2, -0.15) is 0 Å². The summed E-state index contributed by atoms with van der Waals surface area (Å²) in [5, 5.41) is 6.64. The van der Waals surface area contributed by atoms with E-state index in [4.69, 9.17) is 0 Å². The van der Waals surface area contributed by atoms with Gasteiger partial charge < -0.3 is 10.6 Å². The summed E-state index contributed by atoms with van der Waals surface area (Å²) in [5.41, 5.74) is 2.41. The summed E-state index contributed by atoms with van der Waals surface area (Å²) in [6.07, 6.45) is 2.87. The van der Waals surface area contributed by atoms with Crippen LogP contribution in [-0.2, 0) is 4.79 Å². The molecule has 1 aliphatic heterocycles. The van der Waals surface area contributed by atoms with Crippen LogP contribution in [0.1, 0.15) is 57.2 Å². The van der Waals surface area contributed by atoms with Crippen LogP contribution in [0.25, 0.3) is 0 Å². The Balaban J connectivity index is 0.00000242. The number of halogens is 1. The molecule has 0 spiro atoms. The first-order valence-electron chi connectivity index (χ1n) is 7.95. The monoisotopic (exact) mass is 324 g/mol. The molecule has 1 saturated heterocycles. The Morgan fingerprint density at radius 2 is 2.14 bits per heavy atom. The normalized spacial score (nSPS) is 19.4. The summed E-state index contributed by atoms with van der Waals surface area (Å²) >= 11 is 0. The van der Waals surface area contributed by atoms with Gasteiger partial charge in [0.15, 0.2) is 0 Å². The summed E-state index contributed by atoms with van der Waals surface area (Å²) in [7, 11) is 0. The molecule has 1 heterocycles. The van der Waals surface area contributed by atoms with Crippen molar-refractivity contribution >= 4 is 18.3 Å². The van der Waals surface area contributed by atoms with Crippen molar-refractivity contribution in [1.29, 1.82) is 0 Å². The molecule has 3 nitrogen and oxygen atoms in total. The SMILES string of the molecule is Cc1cccc(C(NC(=O)CC2CCCN2)C(C)(C)C)c1.Cl. The fraction of sp³-hybridized carbons (Fsp3) is 0.611. The topological polar surface area (TPSA) is 41.1 Å². The van der Waals surface area contributed by atoms with E-state index in [9.17, 15) is 4.79 Å². The number of hydrogen-bond donors (Lipinski definition) is 2. The van der Waals surface area contributed by atoms with Crippen molar-refractivity contribution in [3.8, 4) is 0 Å². The number of carbonyl (C=O) groups is 1. The lowest BCUT2D eigenvalue weighted by Gasteiger charge is -2.32. The summed E-state index contributed by atoms with van der Waals surface area (Å²) in [6, 6.07) is 8.83. The second kappa shape index (κ2) is 7.98. The number of benzene rings is 1. The molecule has 1 aromatic carbocycles. The van der Waals surface area contributed by atoms with Crippen molar-refractivity contribution in [1.82, 2.24) is 10.6 Å². The van der Waals surface area contributed by atoms with Crippen LogP contribution in [0.3, 0.4) is 0 Å². The molecule has 2 N–H and O–H groups in total. The van der Waals surface area contributed by atoms with Crippen LogP contribution in [0.2, 0.25) is 0 Å². The molecule has 2 unspecified atom stereocenters. The lowest BCUT2D eigenvalue weighted by Crippen LogP contribution is -2.39. The van der Waals surface area contributed by atoms with Crippen LogP contribution in [-0.4, -0.2) is 18.5 Å². The van der Waals surface area contributed by atoms with Crippen molar-refractivity contribution in [3.05, 3.63) is 35.4 Å². The van der Waals surface area contributed by atoms with Crippen LogP contribution in [0.5, 0.6) is 0 Å². The van der Waals surface area contributed by atoms with E-state index in [1.807, 2.05) is 0 Å². The molecule has 0 aliphatic carbocycles. The van der Waals surface area contributed by atoms with E-state index in [1.165, 1.54) is 17.5 Å². The molecule has 2 atom stereocenters. The second-order valence-electron chi connectivity index (χ2n) is 7.28.